The van der Waals surface area contributed by atoms with E-state index < -0.39 is 18.1 Å². The second-order valence-corrected chi connectivity index (χ2v) is 5.95. The number of carbonyl (C=O) groups excluding carboxylic acids is 3. The summed E-state index contributed by atoms with van der Waals surface area (Å²) in [6.07, 6.45) is 0.645. The van der Waals surface area contributed by atoms with Crippen LogP contribution in [0.25, 0.3) is 0 Å². The average Bonchev–Trinajstić information content (AvgIpc) is 3.23. The van der Waals surface area contributed by atoms with Gasteiger partial charge in [-0.3, -0.25) is 9.69 Å². The lowest BCUT2D eigenvalue weighted by atomic mass is 10.0. The van der Waals surface area contributed by atoms with Crippen LogP contribution in [0.1, 0.15) is 23.3 Å². The van der Waals surface area contributed by atoms with Crippen LogP contribution in [0.5, 0.6) is 0 Å². The third-order valence-corrected chi connectivity index (χ3v) is 4.61. The number of ether oxygens (including phenoxy) is 2. The van der Waals surface area contributed by atoms with Gasteiger partial charge in [0, 0.05) is 24.5 Å². The lowest BCUT2D eigenvalue weighted by molar-refractivity contribution is -0.145. The van der Waals surface area contributed by atoms with Gasteiger partial charge in [-0.25, -0.2) is 9.59 Å². The van der Waals surface area contributed by atoms with Crippen LogP contribution in [0, 0.1) is 0 Å². The van der Waals surface area contributed by atoms with E-state index in [1.54, 1.807) is 10.3 Å². The molecule has 0 radical (unpaired) electrons. The normalized spacial score (nSPS) is 22.1. The van der Waals surface area contributed by atoms with E-state index in [4.69, 9.17) is 9.47 Å². The SMILES string of the molecule is COC(=O)[C@H]1COC(=O)N1C1CCN(C(=O)c2csnn2)CC1. The van der Waals surface area contributed by atoms with Crippen molar-refractivity contribution in [3.63, 3.8) is 0 Å². The zero-order valence-corrected chi connectivity index (χ0v) is 13.3. The Hall–Kier alpha value is -2.23. The zero-order valence-electron chi connectivity index (χ0n) is 12.5. The molecule has 0 unspecified atom stereocenters. The van der Waals surface area contributed by atoms with Gasteiger partial charge in [-0.2, -0.15) is 0 Å². The van der Waals surface area contributed by atoms with Crippen molar-refractivity contribution in [3.05, 3.63) is 11.1 Å². The number of piperidine rings is 1. The second kappa shape index (κ2) is 6.49. The first-order valence-electron chi connectivity index (χ1n) is 7.21. The molecule has 0 spiro atoms. The van der Waals surface area contributed by atoms with Crippen LogP contribution in [0.2, 0.25) is 0 Å². The van der Waals surface area contributed by atoms with Crippen LogP contribution < -0.4 is 0 Å². The number of nitrogens with zero attached hydrogens (tertiary/aromatic N) is 4. The fourth-order valence-electron chi connectivity index (χ4n) is 2.92. The molecule has 124 valence electrons. The summed E-state index contributed by atoms with van der Waals surface area (Å²) in [4.78, 5) is 39.0. The first kappa shape index (κ1) is 15.7. The third-order valence-electron chi connectivity index (χ3n) is 4.11. The quantitative estimate of drug-likeness (QED) is 0.721. The molecule has 3 heterocycles. The highest BCUT2D eigenvalue weighted by Crippen LogP contribution is 2.25. The van der Waals surface area contributed by atoms with E-state index in [2.05, 4.69) is 9.59 Å². The molecule has 0 bridgehead atoms. The van der Waals surface area contributed by atoms with E-state index in [0.717, 1.165) is 11.5 Å². The van der Waals surface area contributed by atoms with Crippen LogP contribution >= 0.6 is 11.5 Å². The maximum Gasteiger partial charge on any atom is 0.410 e. The highest BCUT2D eigenvalue weighted by Gasteiger charge is 2.44. The number of likely N-dealkylation sites (tertiary alicyclic amines) is 1. The lowest BCUT2D eigenvalue weighted by Crippen LogP contribution is -2.52. The van der Waals surface area contributed by atoms with E-state index in [9.17, 15) is 14.4 Å². The first-order valence-corrected chi connectivity index (χ1v) is 8.04. The van der Waals surface area contributed by atoms with Crippen molar-refractivity contribution in [2.45, 2.75) is 24.9 Å². The number of hydrogen-bond donors (Lipinski definition) is 0. The average molecular weight is 340 g/mol. The Bertz CT molecular complexity index is 600. The van der Waals surface area contributed by atoms with E-state index in [0.29, 0.717) is 31.6 Å². The monoisotopic (exact) mass is 340 g/mol. The summed E-state index contributed by atoms with van der Waals surface area (Å²) in [7, 11) is 1.28. The Labute approximate surface area is 136 Å². The van der Waals surface area contributed by atoms with E-state index in [1.165, 1.54) is 12.0 Å². The molecule has 2 aliphatic rings. The molecule has 3 rings (SSSR count). The molecule has 1 aromatic heterocycles. The van der Waals surface area contributed by atoms with Crippen molar-refractivity contribution in [2.75, 3.05) is 26.8 Å². The second-order valence-electron chi connectivity index (χ2n) is 5.34. The summed E-state index contributed by atoms with van der Waals surface area (Å²) in [5.41, 5.74) is 0.335. The molecule has 2 saturated heterocycles. The van der Waals surface area contributed by atoms with Crippen molar-refractivity contribution in [1.29, 1.82) is 0 Å². The predicted octanol–water partition coefficient (Wildman–Crippen LogP) is 0.136. The summed E-state index contributed by atoms with van der Waals surface area (Å²) in [6, 6.07) is -0.853. The summed E-state index contributed by atoms with van der Waals surface area (Å²) >= 11 is 1.13. The molecule has 2 fully saturated rings. The Morgan fingerprint density at radius 3 is 2.74 bits per heavy atom. The highest BCUT2D eigenvalue weighted by molar-refractivity contribution is 7.03. The summed E-state index contributed by atoms with van der Waals surface area (Å²) in [6.45, 7) is 0.979. The fraction of sp³-hybridized carbons (Fsp3) is 0.615. The van der Waals surface area contributed by atoms with Crippen molar-refractivity contribution in [1.82, 2.24) is 19.4 Å². The predicted molar refractivity (Wildman–Crippen MR) is 77.8 cm³/mol. The summed E-state index contributed by atoms with van der Waals surface area (Å²) < 4.78 is 13.4. The lowest BCUT2D eigenvalue weighted by Gasteiger charge is -2.36. The van der Waals surface area contributed by atoms with Crippen LogP contribution in [0.3, 0.4) is 0 Å². The molecule has 0 aromatic carbocycles. The molecular formula is C13H16N4O5S. The molecule has 1 aromatic rings. The summed E-state index contributed by atoms with van der Waals surface area (Å²) in [5, 5.41) is 5.39. The molecular weight excluding hydrogens is 324 g/mol. The number of rotatable bonds is 3. The van der Waals surface area contributed by atoms with Crippen molar-refractivity contribution in [3.8, 4) is 0 Å². The maximum atomic E-state index is 12.2. The molecule has 0 N–H and O–H groups in total. The molecule has 23 heavy (non-hydrogen) atoms. The largest absolute Gasteiger partial charge is 0.467 e. The Kier molecular flexibility index (Phi) is 4.42. The van der Waals surface area contributed by atoms with Gasteiger partial charge in [-0.05, 0) is 24.4 Å². The van der Waals surface area contributed by atoms with Crippen molar-refractivity contribution in [2.24, 2.45) is 0 Å². The molecule has 0 saturated carbocycles. The van der Waals surface area contributed by atoms with Gasteiger partial charge in [0.15, 0.2) is 11.7 Å². The smallest absolute Gasteiger partial charge is 0.410 e. The Balaban J connectivity index is 1.63. The molecule has 1 atom stereocenters. The molecule has 9 nitrogen and oxygen atoms in total. The molecule has 2 amide bonds. The van der Waals surface area contributed by atoms with Gasteiger partial charge in [0.1, 0.15) is 6.61 Å². The Morgan fingerprint density at radius 2 is 2.13 bits per heavy atom. The number of esters is 1. The van der Waals surface area contributed by atoms with Crippen molar-refractivity contribution >= 4 is 29.5 Å². The summed E-state index contributed by atoms with van der Waals surface area (Å²) in [5.74, 6) is -0.645. The third kappa shape index (κ3) is 2.98. The fourth-order valence-corrected chi connectivity index (χ4v) is 3.35. The number of hydrogen-bond acceptors (Lipinski definition) is 8. The van der Waals surface area contributed by atoms with Gasteiger partial charge < -0.3 is 14.4 Å². The van der Waals surface area contributed by atoms with E-state index >= 15 is 0 Å². The number of aromatic nitrogens is 2. The van der Waals surface area contributed by atoms with Gasteiger partial charge >= 0.3 is 12.1 Å². The van der Waals surface area contributed by atoms with Crippen LogP contribution in [-0.4, -0.2) is 76.2 Å². The molecule has 10 heteroatoms. The van der Waals surface area contributed by atoms with E-state index in [1.807, 2.05) is 0 Å². The topological polar surface area (TPSA) is 102 Å². The maximum absolute atomic E-state index is 12.2. The van der Waals surface area contributed by atoms with E-state index in [-0.39, 0.29) is 18.6 Å². The van der Waals surface area contributed by atoms with Crippen LogP contribution in [0.4, 0.5) is 4.79 Å². The van der Waals surface area contributed by atoms with Gasteiger partial charge in [-0.15, -0.1) is 5.10 Å². The minimum absolute atomic E-state index is 0.00907. The highest BCUT2D eigenvalue weighted by atomic mass is 32.1. The molecule has 0 aliphatic carbocycles. The number of carbonyl (C=O) groups is 3. The van der Waals surface area contributed by atoms with Gasteiger partial charge in [0.25, 0.3) is 5.91 Å². The van der Waals surface area contributed by atoms with Crippen LogP contribution in [-0.2, 0) is 14.3 Å². The minimum atomic E-state index is -0.706. The van der Waals surface area contributed by atoms with Gasteiger partial charge in [0.2, 0.25) is 0 Å². The van der Waals surface area contributed by atoms with Gasteiger partial charge in [0.05, 0.1) is 7.11 Å². The number of methoxy groups -OCH3 is 1. The van der Waals surface area contributed by atoms with Gasteiger partial charge in [-0.1, -0.05) is 4.49 Å². The standard InChI is InChI=1S/C13H16N4O5S/c1-21-12(19)10-6-22-13(20)17(10)8-2-4-16(5-3-8)11(18)9-7-23-15-14-9/h7-8,10H,2-6H2,1H3/t10-/m1/s1. The first-order chi connectivity index (χ1) is 11.1. The minimum Gasteiger partial charge on any atom is -0.467 e. The zero-order chi connectivity index (χ0) is 16.4. The number of cyclic esters (lactones) is 1. The Morgan fingerprint density at radius 1 is 1.39 bits per heavy atom. The number of amides is 2. The van der Waals surface area contributed by atoms with Crippen LogP contribution in [0.15, 0.2) is 5.38 Å². The molecule has 2 aliphatic heterocycles. The van der Waals surface area contributed by atoms with Crippen molar-refractivity contribution < 1.29 is 23.9 Å².